The topological polar surface area (TPSA) is 53.4 Å². The summed E-state index contributed by atoms with van der Waals surface area (Å²) in [6.07, 6.45) is 3.97. The van der Waals surface area contributed by atoms with Crippen LogP contribution in [-0.2, 0) is 13.1 Å². The molecule has 4 rings (SSSR count). The van der Waals surface area contributed by atoms with E-state index in [0.717, 1.165) is 50.3 Å². The molecule has 0 saturated carbocycles. The van der Waals surface area contributed by atoms with Gasteiger partial charge in [0.2, 0.25) is 0 Å². The lowest BCUT2D eigenvalue weighted by atomic mass is 10.1. The number of aromatic nitrogens is 2. The van der Waals surface area contributed by atoms with Crippen LogP contribution in [0.5, 0.6) is 0 Å². The predicted molar refractivity (Wildman–Crippen MR) is 96.0 cm³/mol. The van der Waals surface area contributed by atoms with Gasteiger partial charge in [-0.2, -0.15) is 5.10 Å². The van der Waals surface area contributed by atoms with Gasteiger partial charge in [-0.25, -0.2) is 9.18 Å². The van der Waals surface area contributed by atoms with Crippen molar-refractivity contribution in [3.63, 3.8) is 0 Å². The molecule has 3 heterocycles. The third-order valence-corrected chi connectivity index (χ3v) is 5.13. The van der Waals surface area contributed by atoms with Gasteiger partial charge in [-0.1, -0.05) is 12.1 Å². The van der Waals surface area contributed by atoms with E-state index in [4.69, 9.17) is 0 Å². The van der Waals surface area contributed by atoms with E-state index in [2.05, 4.69) is 15.3 Å². The molecule has 138 valence electrons. The fraction of sp³-hybridized carbons (Fsp3) is 0.474. The highest BCUT2D eigenvalue weighted by molar-refractivity contribution is 5.74. The van der Waals surface area contributed by atoms with E-state index in [-0.39, 0.29) is 17.9 Å². The molecule has 0 aliphatic carbocycles. The van der Waals surface area contributed by atoms with E-state index in [1.807, 2.05) is 21.7 Å². The number of nitrogens with zero attached hydrogens (tertiary/aromatic N) is 4. The number of halogens is 1. The number of amides is 2. The second-order valence-corrected chi connectivity index (χ2v) is 7.10. The summed E-state index contributed by atoms with van der Waals surface area (Å²) in [7, 11) is 0. The molecule has 26 heavy (non-hydrogen) atoms. The Bertz CT molecular complexity index is 771. The highest BCUT2D eigenvalue weighted by Crippen LogP contribution is 2.22. The van der Waals surface area contributed by atoms with Gasteiger partial charge in [-0.05, 0) is 36.6 Å². The maximum absolute atomic E-state index is 13.5. The fourth-order valence-electron chi connectivity index (χ4n) is 3.87. The van der Waals surface area contributed by atoms with Gasteiger partial charge >= 0.3 is 6.03 Å². The average molecular weight is 357 g/mol. The molecular weight excluding hydrogens is 333 g/mol. The summed E-state index contributed by atoms with van der Waals surface area (Å²) < 4.78 is 15.5. The predicted octanol–water partition coefficient (Wildman–Crippen LogP) is 2.38. The van der Waals surface area contributed by atoms with Gasteiger partial charge in [0.1, 0.15) is 5.82 Å². The van der Waals surface area contributed by atoms with Crippen molar-refractivity contribution in [1.82, 2.24) is 24.9 Å². The van der Waals surface area contributed by atoms with Crippen LogP contribution in [0.25, 0.3) is 0 Å². The number of nitrogens with one attached hydrogen (secondary N) is 1. The van der Waals surface area contributed by atoms with Crippen molar-refractivity contribution in [3.05, 3.63) is 53.6 Å². The van der Waals surface area contributed by atoms with Gasteiger partial charge in [-0.3, -0.25) is 9.58 Å². The molecule has 0 spiro atoms. The van der Waals surface area contributed by atoms with Crippen LogP contribution in [0.2, 0.25) is 0 Å². The molecule has 1 N–H and O–H groups in total. The number of hydrogen-bond donors (Lipinski definition) is 1. The van der Waals surface area contributed by atoms with Crippen LogP contribution in [0.1, 0.15) is 30.1 Å². The Morgan fingerprint density at radius 3 is 2.92 bits per heavy atom. The van der Waals surface area contributed by atoms with Crippen LogP contribution in [-0.4, -0.2) is 51.8 Å². The van der Waals surface area contributed by atoms with Crippen molar-refractivity contribution in [1.29, 1.82) is 0 Å². The van der Waals surface area contributed by atoms with Crippen LogP contribution in [0, 0.1) is 5.82 Å². The SMILES string of the molecule is O=C(NC[C@@H]1CN(Cc2cccc(F)c2)Cc2ccnn21)N1CCCC1. The number of urea groups is 1. The minimum atomic E-state index is -0.209. The number of hydrogen-bond acceptors (Lipinski definition) is 3. The third kappa shape index (κ3) is 3.72. The number of fused-ring (bicyclic) bond motifs is 1. The summed E-state index contributed by atoms with van der Waals surface area (Å²) in [5, 5.41) is 7.49. The molecule has 2 amide bonds. The summed E-state index contributed by atoms with van der Waals surface area (Å²) in [5.41, 5.74) is 2.07. The van der Waals surface area contributed by atoms with Crippen molar-refractivity contribution >= 4 is 6.03 Å². The van der Waals surface area contributed by atoms with Crippen LogP contribution in [0.3, 0.4) is 0 Å². The second kappa shape index (κ2) is 7.45. The molecule has 0 unspecified atom stereocenters. The lowest BCUT2D eigenvalue weighted by Crippen LogP contribution is -2.45. The number of benzene rings is 1. The largest absolute Gasteiger partial charge is 0.336 e. The molecule has 2 aliphatic heterocycles. The van der Waals surface area contributed by atoms with Crippen molar-refractivity contribution in [2.45, 2.75) is 32.0 Å². The zero-order valence-corrected chi connectivity index (χ0v) is 14.8. The summed E-state index contributed by atoms with van der Waals surface area (Å²) in [6.45, 7) is 4.45. The molecule has 6 nitrogen and oxygen atoms in total. The van der Waals surface area contributed by atoms with E-state index < -0.39 is 0 Å². The number of carbonyl (C=O) groups excluding carboxylic acids is 1. The van der Waals surface area contributed by atoms with Crippen LogP contribution < -0.4 is 5.32 Å². The first-order chi connectivity index (χ1) is 12.7. The second-order valence-electron chi connectivity index (χ2n) is 7.10. The molecule has 1 aromatic carbocycles. The molecule has 0 radical (unpaired) electrons. The minimum Gasteiger partial charge on any atom is -0.336 e. The molecule has 2 aliphatic rings. The summed E-state index contributed by atoms with van der Waals surface area (Å²) in [5.74, 6) is -0.209. The average Bonchev–Trinajstić information content (AvgIpc) is 3.31. The minimum absolute atomic E-state index is 0.0125. The van der Waals surface area contributed by atoms with Crippen LogP contribution >= 0.6 is 0 Å². The molecule has 1 aromatic heterocycles. The normalized spacial score (nSPS) is 20.2. The van der Waals surface area contributed by atoms with Gasteiger partial charge in [0, 0.05) is 45.5 Å². The quantitative estimate of drug-likeness (QED) is 0.914. The molecule has 7 heteroatoms. The van der Waals surface area contributed by atoms with E-state index in [1.165, 1.54) is 6.07 Å². The van der Waals surface area contributed by atoms with Crippen LogP contribution in [0.4, 0.5) is 9.18 Å². The van der Waals surface area contributed by atoms with Crippen molar-refractivity contribution < 1.29 is 9.18 Å². The number of likely N-dealkylation sites (tertiary alicyclic amines) is 1. The number of rotatable bonds is 4. The molecule has 2 aromatic rings. The molecular formula is C19H24FN5O. The lowest BCUT2D eigenvalue weighted by Gasteiger charge is -2.34. The van der Waals surface area contributed by atoms with Gasteiger partial charge in [0.05, 0.1) is 11.7 Å². The first kappa shape index (κ1) is 17.0. The monoisotopic (exact) mass is 357 g/mol. The summed E-state index contributed by atoms with van der Waals surface area (Å²) in [6, 6.07) is 8.83. The maximum Gasteiger partial charge on any atom is 0.317 e. The molecule has 1 atom stereocenters. The Kier molecular flexibility index (Phi) is 4.88. The maximum atomic E-state index is 13.5. The molecule has 0 bridgehead atoms. The Hall–Kier alpha value is -2.41. The molecule has 1 fully saturated rings. The first-order valence-electron chi connectivity index (χ1n) is 9.21. The van der Waals surface area contributed by atoms with E-state index in [0.29, 0.717) is 13.1 Å². The Labute approximate surface area is 152 Å². The van der Waals surface area contributed by atoms with Crippen LogP contribution in [0.15, 0.2) is 36.5 Å². The van der Waals surface area contributed by atoms with Crippen molar-refractivity contribution in [2.75, 3.05) is 26.2 Å². The summed E-state index contributed by atoms with van der Waals surface area (Å²) >= 11 is 0. The highest BCUT2D eigenvalue weighted by atomic mass is 19.1. The van der Waals surface area contributed by atoms with Gasteiger partial charge in [-0.15, -0.1) is 0 Å². The van der Waals surface area contributed by atoms with Crippen molar-refractivity contribution in [3.8, 4) is 0 Å². The third-order valence-electron chi connectivity index (χ3n) is 5.13. The smallest absolute Gasteiger partial charge is 0.317 e. The zero-order chi connectivity index (χ0) is 17.9. The van der Waals surface area contributed by atoms with E-state index >= 15 is 0 Å². The Morgan fingerprint density at radius 1 is 1.27 bits per heavy atom. The number of carbonyl (C=O) groups is 1. The highest BCUT2D eigenvalue weighted by Gasteiger charge is 2.27. The standard InChI is InChI=1S/C19H24FN5O/c20-16-5-3-4-15(10-16)12-23-13-17-6-7-22-25(17)18(14-23)11-21-19(26)24-8-1-2-9-24/h3-7,10,18H,1-2,8-9,11-14H2,(H,21,26)/t18-/m1/s1. The lowest BCUT2D eigenvalue weighted by molar-refractivity contribution is 0.161. The summed E-state index contributed by atoms with van der Waals surface area (Å²) in [4.78, 5) is 16.4. The van der Waals surface area contributed by atoms with Crippen molar-refractivity contribution in [2.24, 2.45) is 0 Å². The fourth-order valence-corrected chi connectivity index (χ4v) is 3.87. The van der Waals surface area contributed by atoms with E-state index in [1.54, 1.807) is 18.3 Å². The van der Waals surface area contributed by atoms with Gasteiger partial charge in [0.25, 0.3) is 0 Å². The molecule has 1 saturated heterocycles. The van der Waals surface area contributed by atoms with Gasteiger partial charge in [0.15, 0.2) is 0 Å². The van der Waals surface area contributed by atoms with E-state index in [9.17, 15) is 9.18 Å². The Balaban J connectivity index is 1.41. The zero-order valence-electron chi connectivity index (χ0n) is 14.8. The Morgan fingerprint density at radius 2 is 2.12 bits per heavy atom. The van der Waals surface area contributed by atoms with Gasteiger partial charge < -0.3 is 10.2 Å². The first-order valence-corrected chi connectivity index (χ1v) is 9.21.